The van der Waals surface area contributed by atoms with Gasteiger partial charge in [-0.1, -0.05) is 12.8 Å². The third-order valence-corrected chi connectivity index (χ3v) is 4.79. The predicted molar refractivity (Wildman–Crippen MR) is 70.3 cm³/mol. The fourth-order valence-electron chi connectivity index (χ4n) is 2.05. The normalized spacial score (nSPS) is 21.2. The molecule has 0 bridgehead atoms. The fraction of sp³-hybridized carbons (Fsp3) is 0.923. The molecule has 2 atom stereocenters. The molecule has 0 N–H and O–H groups in total. The van der Waals surface area contributed by atoms with Crippen molar-refractivity contribution in [1.29, 1.82) is 0 Å². The smallest absolute Gasteiger partial charge is 0.321 e. The molecule has 0 spiro atoms. The Morgan fingerprint density at radius 1 is 1.35 bits per heavy atom. The van der Waals surface area contributed by atoms with Crippen LogP contribution in [0.25, 0.3) is 0 Å². The summed E-state index contributed by atoms with van der Waals surface area (Å²) in [5.41, 5.74) is -0.497. The lowest BCUT2D eigenvalue weighted by Crippen LogP contribution is -2.34. The van der Waals surface area contributed by atoms with E-state index < -0.39 is 21.7 Å². The average Bonchev–Trinajstić information content (AvgIpc) is 2.66. The third-order valence-electron chi connectivity index (χ3n) is 3.01. The number of carbonyl (C=O) groups is 1. The van der Waals surface area contributed by atoms with Gasteiger partial charge in [-0.3, -0.25) is 9.00 Å². The maximum atomic E-state index is 12.0. The Bertz CT molecular complexity index is 288. The second-order valence-electron chi connectivity index (χ2n) is 5.87. The highest BCUT2D eigenvalue weighted by atomic mass is 32.2. The summed E-state index contributed by atoms with van der Waals surface area (Å²) in [5, 5.41) is -0.505. The molecule has 0 amide bonds. The minimum Gasteiger partial charge on any atom is -0.459 e. The molecular weight excluding hydrogens is 236 g/mol. The quantitative estimate of drug-likeness (QED) is 0.730. The van der Waals surface area contributed by atoms with Gasteiger partial charge >= 0.3 is 5.97 Å². The van der Waals surface area contributed by atoms with Crippen LogP contribution in [0.5, 0.6) is 0 Å². The summed E-state index contributed by atoms with van der Waals surface area (Å²) < 4.78 is 17.3. The lowest BCUT2D eigenvalue weighted by Gasteiger charge is -2.22. The first kappa shape index (κ1) is 14.7. The van der Waals surface area contributed by atoms with Crippen molar-refractivity contribution < 1.29 is 13.7 Å². The van der Waals surface area contributed by atoms with Crippen molar-refractivity contribution in [3.05, 3.63) is 0 Å². The summed E-state index contributed by atoms with van der Waals surface area (Å²) in [7, 11) is -1.09. The molecule has 0 aromatic heterocycles. The molecule has 0 aromatic carbocycles. The molecule has 1 saturated carbocycles. The first-order chi connectivity index (χ1) is 7.79. The zero-order valence-corrected chi connectivity index (χ0v) is 12.1. The third kappa shape index (κ3) is 5.19. The number of rotatable bonds is 4. The average molecular weight is 260 g/mol. The zero-order valence-electron chi connectivity index (χ0n) is 11.3. The van der Waals surface area contributed by atoms with Crippen molar-refractivity contribution in [2.45, 2.75) is 64.2 Å². The minimum atomic E-state index is -1.09. The molecule has 1 aliphatic rings. The summed E-state index contributed by atoms with van der Waals surface area (Å²) in [6, 6.07) is 0. The van der Waals surface area contributed by atoms with Crippen molar-refractivity contribution in [2.75, 3.05) is 5.75 Å². The Hall–Kier alpha value is -0.380. The maximum absolute atomic E-state index is 12.0. The topological polar surface area (TPSA) is 43.4 Å². The van der Waals surface area contributed by atoms with Crippen LogP contribution in [0.3, 0.4) is 0 Å². The molecule has 0 aromatic rings. The van der Waals surface area contributed by atoms with Gasteiger partial charge in [-0.05, 0) is 46.5 Å². The van der Waals surface area contributed by atoms with Crippen molar-refractivity contribution in [3.63, 3.8) is 0 Å². The van der Waals surface area contributed by atoms with E-state index in [2.05, 4.69) is 0 Å². The number of esters is 1. The molecule has 1 rings (SSSR count). The lowest BCUT2D eigenvalue weighted by atomic mass is 10.1. The molecule has 2 unspecified atom stereocenters. The highest BCUT2D eigenvalue weighted by Gasteiger charge is 2.28. The summed E-state index contributed by atoms with van der Waals surface area (Å²) >= 11 is 0. The van der Waals surface area contributed by atoms with Crippen molar-refractivity contribution in [3.8, 4) is 0 Å². The largest absolute Gasteiger partial charge is 0.459 e. The summed E-state index contributed by atoms with van der Waals surface area (Å²) in [6.45, 7) is 7.20. The predicted octanol–water partition coefficient (Wildman–Crippen LogP) is 2.66. The molecular formula is C13H24O3S. The van der Waals surface area contributed by atoms with Crippen LogP contribution in [0.2, 0.25) is 0 Å². The van der Waals surface area contributed by atoms with Gasteiger partial charge in [0.1, 0.15) is 10.9 Å². The number of carbonyl (C=O) groups excluding carboxylic acids is 1. The molecule has 0 radical (unpaired) electrons. The van der Waals surface area contributed by atoms with Crippen molar-refractivity contribution >= 4 is 16.8 Å². The summed E-state index contributed by atoms with van der Waals surface area (Å²) in [6.07, 6.45) is 4.80. The first-order valence-corrected chi connectivity index (χ1v) is 7.78. The Kier molecular flexibility index (Phi) is 5.17. The highest BCUT2D eigenvalue weighted by Crippen LogP contribution is 2.26. The number of hydrogen-bond acceptors (Lipinski definition) is 3. The van der Waals surface area contributed by atoms with Crippen LogP contribution < -0.4 is 0 Å². The van der Waals surface area contributed by atoms with Crippen molar-refractivity contribution in [1.82, 2.24) is 0 Å². The van der Waals surface area contributed by atoms with Gasteiger partial charge in [0.2, 0.25) is 0 Å². The Morgan fingerprint density at radius 3 is 2.35 bits per heavy atom. The van der Waals surface area contributed by atoms with Crippen LogP contribution in [0.15, 0.2) is 0 Å². The van der Waals surface area contributed by atoms with Crippen LogP contribution in [-0.2, 0) is 20.3 Å². The molecule has 0 heterocycles. The van der Waals surface area contributed by atoms with E-state index in [0.29, 0.717) is 11.7 Å². The van der Waals surface area contributed by atoms with Gasteiger partial charge in [0.25, 0.3) is 0 Å². The molecule has 3 nitrogen and oxygen atoms in total. The zero-order chi connectivity index (χ0) is 13.1. The van der Waals surface area contributed by atoms with E-state index in [9.17, 15) is 9.00 Å². The van der Waals surface area contributed by atoms with E-state index in [4.69, 9.17) is 4.74 Å². The van der Waals surface area contributed by atoms with Gasteiger partial charge < -0.3 is 4.74 Å². The van der Waals surface area contributed by atoms with E-state index in [0.717, 1.165) is 12.8 Å². The van der Waals surface area contributed by atoms with Gasteiger partial charge in [-0.25, -0.2) is 0 Å². The van der Waals surface area contributed by atoms with Gasteiger partial charge in [-0.2, -0.15) is 0 Å². The molecule has 4 heteroatoms. The Labute approximate surface area is 107 Å². The SMILES string of the molecule is CC(C(=O)OC(C)(C)C)S(=O)CC1CCCC1. The number of hydrogen-bond donors (Lipinski definition) is 0. The molecule has 17 heavy (non-hydrogen) atoms. The Morgan fingerprint density at radius 2 is 1.88 bits per heavy atom. The maximum Gasteiger partial charge on any atom is 0.321 e. The lowest BCUT2D eigenvalue weighted by molar-refractivity contribution is -0.153. The summed E-state index contributed by atoms with van der Waals surface area (Å²) in [5.74, 6) is 0.856. The standard InChI is InChI=1S/C13H24O3S/c1-10(12(14)16-13(2,3)4)17(15)9-11-7-5-6-8-11/h10-11H,5-9H2,1-4H3. The van der Waals surface area contributed by atoms with E-state index >= 15 is 0 Å². The van der Waals surface area contributed by atoms with Gasteiger partial charge in [-0.15, -0.1) is 0 Å². The first-order valence-electron chi connectivity index (χ1n) is 6.39. The van der Waals surface area contributed by atoms with Crippen LogP contribution in [0.1, 0.15) is 53.4 Å². The van der Waals surface area contributed by atoms with Crippen LogP contribution in [0.4, 0.5) is 0 Å². The van der Waals surface area contributed by atoms with E-state index in [-0.39, 0.29) is 5.97 Å². The summed E-state index contributed by atoms with van der Waals surface area (Å²) in [4.78, 5) is 11.8. The monoisotopic (exact) mass is 260 g/mol. The Balaban J connectivity index is 2.42. The fourth-order valence-corrected chi connectivity index (χ4v) is 3.40. The number of ether oxygens (including phenoxy) is 1. The van der Waals surface area contributed by atoms with Crippen LogP contribution >= 0.6 is 0 Å². The van der Waals surface area contributed by atoms with Crippen LogP contribution in [0, 0.1) is 5.92 Å². The molecule has 0 aliphatic heterocycles. The van der Waals surface area contributed by atoms with Gasteiger partial charge in [0, 0.05) is 16.6 Å². The highest BCUT2D eigenvalue weighted by molar-refractivity contribution is 7.86. The van der Waals surface area contributed by atoms with Crippen molar-refractivity contribution in [2.24, 2.45) is 5.92 Å². The molecule has 1 aliphatic carbocycles. The second kappa shape index (κ2) is 5.98. The van der Waals surface area contributed by atoms with E-state index in [1.165, 1.54) is 12.8 Å². The molecule has 1 fully saturated rings. The van der Waals surface area contributed by atoms with Crippen LogP contribution in [-0.4, -0.2) is 26.8 Å². The van der Waals surface area contributed by atoms with E-state index in [1.54, 1.807) is 6.92 Å². The second-order valence-corrected chi connectivity index (χ2v) is 7.68. The van der Waals surface area contributed by atoms with Gasteiger partial charge in [0.05, 0.1) is 0 Å². The molecule has 100 valence electrons. The minimum absolute atomic E-state index is 0.339. The molecule has 0 saturated heterocycles. The van der Waals surface area contributed by atoms with E-state index in [1.807, 2.05) is 20.8 Å². The van der Waals surface area contributed by atoms with Gasteiger partial charge in [0.15, 0.2) is 0 Å².